The molecule has 0 aliphatic carbocycles. The zero-order chi connectivity index (χ0) is 24.0. The summed E-state index contributed by atoms with van der Waals surface area (Å²) < 4.78 is 79.3. The number of hydrogen-bond acceptors (Lipinski definition) is 3. The quantitative estimate of drug-likeness (QED) is 0.467. The second-order valence-electron chi connectivity index (χ2n) is 6.57. The van der Waals surface area contributed by atoms with E-state index in [1.165, 1.54) is 0 Å². The summed E-state index contributed by atoms with van der Waals surface area (Å²) in [5.74, 6) is -2.58. The van der Waals surface area contributed by atoms with Gasteiger partial charge in [0.1, 0.15) is 6.04 Å². The van der Waals surface area contributed by atoms with E-state index >= 15 is 0 Å². The molecule has 0 saturated heterocycles. The third-order valence-corrected chi connectivity index (χ3v) is 5.90. The second-order valence-corrected chi connectivity index (χ2v) is 7.95. The highest BCUT2D eigenvalue weighted by Gasteiger charge is 2.33. The zero-order valence-corrected chi connectivity index (χ0v) is 17.3. The highest BCUT2D eigenvalue weighted by molar-refractivity contribution is 7.17. The lowest BCUT2D eigenvalue weighted by Gasteiger charge is -2.12. The minimum absolute atomic E-state index is 0.0309. The summed E-state index contributed by atoms with van der Waals surface area (Å²) in [7, 11) is 0. The van der Waals surface area contributed by atoms with E-state index in [0.717, 1.165) is 29.7 Å². The van der Waals surface area contributed by atoms with Crippen LogP contribution in [0.15, 0.2) is 41.4 Å². The number of amides is 1. The molecule has 1 heterocycles. The Hall–Kier alpha value is -2.86. The number of nitrogens with zero attached hydrogens (tertiary/aromatic N) is 2. The fourth-order valence-electron chi connectivity index (χ4n) is 2.81. The molecule has 0 fully saturated rings. The highest BCUT2D eigenvalue weighted by Crippen LogP contribution is 2.37. The SMILES string of the molecule is CC(C(=O)O)n1c(=NC(=O)c2cccc(C(F)(F)F)c2)sc2c(Cl)cc(C(F)(F)F)cc21. The molecule has 0 radical (unpaired) electrons. The predicted molar refractivity (Wildman–Crippen MR) is 104 cm³/mol. The van der Waals surface area contributed by atoms with Crippen LogP contribution in [0.1, 0.15) is 34.5 Å². The average Bonchev–Trinajstić information content (AvgIpc) is 3.04. The van der Waals surface area contributed by atoms with E-state index in [1.807, 2.05) is 0 Å². The van der Waals surface area contributed by atoms with Gasteiger partial charge in [0.15, 0.2) is 4.80 Å². The van der Waals surface area contributed by atoms with Gasteiger partial charge in [0, 0.05) is 5.56 Å². The number of aliphatic carboxylic acids is 1. The van der Waals surface area contributed by atoms with Gasteiger partial charge in [0.2, 0.25) is 0 Å². The van der Waals surface area contributed by atoms with Crippen molar-refractivity contribution in [3.63, 3.8) is 0 Å². The van der Waals surface area contributed by atoms with Gasteiger partial charge in [-0.15, -0.1) is 0 Å². The van der Waals surface area contributed by atoms with Gasteiger partial charge in [-0.2, -0.15) is 31.3 Å². The summed E-state index contributed by atoms with van der Waals surface area (Å²) in [6.45, 7) is 1.15. The second kappa shape index (κ2) is 8.24. The Morgan fingerprint density at radius 3 is 2.25 bits per heavy atom. The maximum Gasteiger partial charge on any atom is 0.416 e. The Kier molecular flexibility index (Phi) is 6.13. The minimum atomic E-state index is -4.78. The summed E-state index contributed by atoms with van der Waals surface area (Å²) in [4.78, 5) is 27.4. The lowest BCUT2D eigenvalue weighted by Crippen LogP contribution is -2.26. The van der Waals surface area contributed by atoms with Gasteiger partial charge in [0.05, 0.1) is 26.4 Å². The third-order valence-electron chi connectivity index (χ3n) is 4.39. The topological polar surface area (TPSA) is 71.7 Å². The standard InChI is InChI=1S/C19H11ClF6N2O3S/c1-8(16(30)31)28-13-7-11(19(24,25)26)6-12(20)14(13)32-17(28)27-15(29)9-3-2-4-10(5-9)18(21,22)23/h2-8H,1H3,(H,30,31). The van der Waals surface area contributed by atoms with Gasteiger partial charge < -0.3 is 9.67 Å². The number of carboxylic acids is 1. The number of alkyl halides is 6. The molecule has 32 heavy (non-hydrogen) atoms. The van der Waals surface area contributed by atoms with E-state index in [1.54, 1.807) is 0 Å². The number of fused-ring (bicyclic) bond motifs is 1. The average molecular weight is 497 g/mol. The van der Waals surface area contributed by atoms with E-state index in [0.29, 0.717) is 29.5 Å². The third kappa shape index (κ3) is 4.65. The van der Waals surface area contributed by atoms with E-state index in [9.17, 15) is 41.0 Å². The van der Waals surface area contributed by atoms with Gasteiger partial charge >= 0.3 is 18.3 Å². The molecule has 1 atom stereocenters. The number of hydrogen-bond donors (Lipinski definition) is 1. The van der Waals surface area contributed by atoms with Crippen molar-refractivity contribution in [3.8, 4) is 0 Å². The summed E-state index contributed by atoms with van der Waals surface area (Å²) in [5.41, 5.74) is -2.91. The minimum Gasteiger partial charge on any atom is -0.480 e. The molecular formula is C19H11ClF6N2O3S. The van der Waals surface area contributed by atoms with Crippen LogP contribution in [0.4, 0.5) is 26.3 Å². The molecule has 2 aromatic carbocycles. The number of carbonyl (C=O) groups is 2. The van der Waals surface area contributed by atoms with E-state index in [-0.39, 0.29) is 20.0 Å². The van der Waals surface area contributed by atoms with Crippen LogP contribution in [0.25, 0.3) is 10.2 Å². The summed E-state index contributed by atoms with van der Waals surface area (Å²) >= 11 is 6.60. The highest BCUT2D eigenvalue weighted by atomic mass is 35.5. The monoisotopic (exact) mass is 496 g/mol. The molecule has 1 unspecified atom stereocenters. The Morgan fingerprint density at radius 2 is 1.69 bits per heavy atom. The van der Waals surface area contributed by atoms with Crippen molar-refractivity contribution < 1.29 is 41.0 Å². The Labute approximate surface area is 184 Å². The molecule has 3 rings (SSSR count). The first kappa shape index (κ1) is 23.8. The molecule has 0 spiro atoms. The predicted octanol–water partition coefficient (Wildman–Crippen LogP) is 5.78. The van der Waals surface area contributed by atoms with Crippen LogP contribution >= 0.6 is 22.9 Å². The molecular weight excluding hydrogens is 486 g/mol. The number of thiazole rings is 1. The Morgan fingerprint density at radius 1 is 1.06 bits per heavy atom. The maximum absolute atomic E-state index is 13.2. The first-order valence-electron chi connectivity index (χ1n) is 8.61. The number of benzene rings is 2. The normalized spacial score (nSPS) is 14.1. The van der Waals surface area contributed by atoms with Crippen molar-refractivity contribution in [3.05, 3.63) is 62.9 Å². The van der Waals surface area contributed by atoms with Gasteiger partial charge in [-0.3, -0.25) is 4.79 Å². The van der Waals surface area contributed by atoms with Crippen molar-refractivity contribution in [1.29, 1.82) is 0 Å². The van der Waals surface area contributed by atoms with E-state index in [4.69, 9.17) is 11.6 Å². The van der Waals surface area contributed by atoms with Crippen molar-refractivity contribution in [1.82, 2.24) is 4.57 Å². The first-order valence-corrected chi connectivity index (χ1v) is 9.80. The summed E-state index contributed by atoms with van der Waals surface area (Å²) in [6.07, 6.45) is -9.50. The summed E-state index contributed by atoms with van der Waals surface area (Å²) in [6, 6.07) is 3.25. The van der Waals surface area contributed by atoms with Crippen LogP contribution < -0.4 is 4.80 Å². The van der Waals surface area contributed by atoms with Gasteiger partial charge in [-0.25, -0.2) is 4.79 Å². The lowest BCUT2D eigenvalue weighted by atomic mass is 10.1. The molecule has 1 amide bonds. The molecule has 170 valence electrons. The molecule has 0 aliphatic heterocycles. The van der Waals surface area contributed by atoms with Gasteiger partial charge in [0.25, 0.3) is 5.91 Å². The van der Waals surface area contributed by atoms with Crippen LogP contribution in [-0.4, -0.2) is 21.6 Å². The lowest BCUT2D eigenvalue weighted by molar-refractivity contribution is -0.140. The smallest absolute Gasteiger partial charge is 0.416 e. The number of aromatic nitrogens is 1. The van der Waals surface area contributed by atoms with E-state index in [2.05, 4.69) is 4.99 Å². The molecule has 13 heteroatoms. The number of rotatable bonds is 3. The van der Waals surface area contributed by atoms with Gasteiger partial charge in [-0.1, -0.05) is 29.0 Å². The fourth-order valence-corrected chi connectivity index (χ4v) is 4.22. The van der Waals surface area contributed by atoms with Crippen LogP contribution in [0.2, 0.25) is 5.02 Å². The largest absolute Gasteiger partial charge is 0.480 e. The number of carboxylic acid groups (broad SMARTS) is 1. The maximum atomic E-state index is 13.2. The molecule has 1 aromatic heterocycles. The van der Waals surface area contributed by atoms with Crippen LogP contribution in [0.3, 0.4) is 0 Å². The molecule has 3 aromatic rings. The van der Waals surface area contributed by atoms with E-state index < -0.39 is 47.0 Å². The Balaban J connectivity index is 2.27. The summed E-state index contributed by atoms with van der Waals surface area (Å²) in [5, 5.41) is 9.04. The molecule has 5 nitrogen and oxygen atoms in total. The van der Waals surface area contributed by atoms with Crippen LogP contribution in [0.5, 0.6) is 0 Å². The zero-order valence-electron chi connectivity index (χ0n) is 15.8. The number of carbonyl (C=O) groups excluding carboxylic acids is 1. The molecule has 0 aliphatic rings. The van der Waals surface area contributed by atoms with Crippen molar-refractivity contribution in [2.45, 2.75) is 25.3 Å². The van der Waals surface area contributed by atoms with Crippen molar-refractivity contribution >= 4 is 45.0 Å². The van der Waals surface area contributed by atoms with Gasteiger partial charge in [-0.05, 0) is 37.3 Å². The number of halogens is 7. The first-order chi connectivity index (χ1) is 14.7. The van der Waals surface area contributed by atoms with Crippen molar-refractivity contribution in [2.75, 3.05) is 0 Å². The van der Waals surface area contributed by atoms with Crippen LogP contribution in [0, 0.1) is 0 Å². The van der Waals surface area contributed by atoms with Crippen molar-refractivity contribution in [2.24, 2.45) is 4.99 Å². The molecule has 1 N–H and O–H groups in total. The fraction of sp³-hybridized carbons (Fsp3) is 0.211. The molecule has 0 saturated carbocycles. The van der Waals surface area contributed by atoms with Crippen LogP contribution in [-0.2, 0) is 17.1 Å². The molecule has 0 bridgehead atoms. The Bertz CT molecular complexity index is 1290.